The van der Waals surface area contributed by atoms with E-state index in [1.807, 2.05) is 74.5 Å². The second-order valence-corrected chi connectivity index (χ2v) is 10.1. The Morgan fingerprint density at radius 3 is 2.05 bits per heavy atom. The Kier molecular flexibility index (Phi) is 9.26. The van der Waals surface area contributed by atoms with Gasteiger partial charge in [-0.25, -0.2) is 0 Å². The summed E-state index contributed by atoms with van der Waals surface area (Å²) in [7, 11) is 4.78. The van der Waals surface area contributed by atoms with Crippen molar-refractivity contribution >= 4 is 39.9 Å². The largest absolute Gasteiger partial charge is 0.497 e. The minimum atomic E-state index is -0.660. The molecule has 4 aromatic rings. The third-order valence-electron chi connectivity index (χ3n) is 6.96. The van der Waals surface area contributed by atoms with Crippen LogP contribution in [0.25, 0.3) is 10.8 Å². The maximum Gasteiger partial charge on any atom is 0.313 e. The minimum absolute atomic E-state index is 0.299. The summed E-state index contributed by atoms with van der Waals surface area (Å²) in [6.07, 6.45) is 0.448. The van der Waals surface area contributed by atoms with Gasteiger partial charge >= 0.3 is 5.97 Å². The van der Waals surface area contributed by atoms with E-state index >= 15 is 0 Å². The van der Waals surface area contributed by atoms with Crippen LogP contribution in [0, 0.1) is 0 Å². The number of hydrogen-bond donors (Lipinski definition) is 0. The first-order chi connectivity index (χ1) is 18.8. The molecule has 0 heterocycles. The van der Waals surface area contributed by atoms with E-state index in [0.717, 1.165) is 45.2 Å². The molecule has 2 unspecified atom stereocenters. The van der Waals surface area contributed by atoms with Crippen LogP contribution in [0.3, 0.4) is 0 Å². The number of rotatable bonds is 10. The van der Waals surface area contributed by atoms with E-state index in [1.54, 1.807) is 27.4 Å². The number of halogens is 2. The van der Waals surface area contributed by atoms with Crippen LogP contribution < -0.4 is 14.2 Å². The maximum absolute atomic E-state index is 13.5. The third-order valence-corrected chi connectivity index (χ3v) is 7.64. The van der Waals surface area contributed by atoms with E-state index in [0.29, 0.717) is 28.0 Å². The lowest BCUT2D eigenvalue weighted by molar-refractivity contribution is -0.150. The fraction of sp³-hybridized carbons (Fsp3) is 0.281. The van der Waals surface area contributed by atoms with Gasteiger partial charge in [0, 0.05) is 16.5 Å². The topological polar surface area (TPSA) is 54.0 Å². The molecule has 0 spiro atoms. The van der Waals surface area contributed by atoms with Crippen LogP contribution in [-0.4, -0.2) is 27.3 Å². The second-order valence-electron chi connectivity index (χ2n) is 9.33. The molecule has 0 aliphatic rings. The fourth-order valence-electron chi connectivity index (χ4n) is 4.54. The standard InChI is InChI=1S/C32H32Cl2O5/c1-6-20-13-27(33)26(28(34)14-20)18-30(24-10-12-29(37-4)31(17-24)38-5)39-32(35)19(2)21-7-8-23-16-25(36-3)11-9-22(23)15-21/h7-17,19,30H,6,18H2,1-5H3. The smallest absolute Gasteiger partial charge is 0.313 e. The van der Waals surface area contributed by atoms with Gasteiger partial charge in [0.05, 0.1) is 27.2 Å². The Labute approximate surface area is 239 Å². The SMILES string of the molecule is CCc1cc(Cl)c(CC(OC(=O)C(C)c2ccc3cc(OC)ccc3c2)c2ccc(OC)c(OC)c2)c(Cl)c1. The number of fused-ring (bicyclic) bond motifs is 1. The van der Waals surface area contributed by atoms with Crippen LogP contribution >= 0.6 is 23.2 Å². The van der Waals surface area contributed by atoms with Crippen LogP contribution in [0.5, 0.6) is 17.2 Å². The first-order valence-corrected chi connectivity index (χ1v) is 13.5. The van der Waals surface area contributed by atoms with E-state index in [-0.39, 0.29) is 5.97 Å². The van der Waals surface area contributed by atoms with E-state index in [4.69, 9.17) is 42.1 Å². The van der Waals surface area contributed by atoms with Gasteiger partial charge in [-0.05, 0) is 82.8 Å². The highest BCUT2D eigenvalue weighted by molar-refractivity contribution is 6.36. The highest BCUT2D eigenvalue weighted by Crippen LogP contribution is 2.37. The summed E-state index contributed by atoms with van der Waals surface area (Å²) >= 11 is 13.3. The Morgan fingerprint density at radius 2 is 1.41 bits per heavy atom. The summed E-state index contributed by atoms with van der Waals surface area (Å²) in [5, 5.41) is 3.12. The van der Waals surface area contributed by atoms with Gasteiger partial charge in [0.25, 0.3) is 0 Å². The highest BCUT2D eigenvalue weighted by Gasteiger charge is 2.26. The molecule has 39 heavy (non-hydrogen) atoms. The summed E-state index contributed by atoms with van der Waals surface area (Å²) in [4.78, 5) is 13.5. The summed E-state index contributed by atoms with van der Waals surface area (Å²) in [5.41, 5.74) is 3.35. The van der Waals surface area contributed by atoms with Gasteiger partial charge in [-0.1, -0.05) is 60.5 Å². The molecule has 2 atom stereocenters. The molecular formula is C32H32Cl2O5. The van der Waals surface area contributed by atoms with Crippen molar-refractivity contribution < 1.29 is 23.7 Å². The van der Waals surface area contributed by atoms with Gasteiger partial charge < -0.3 is 18.9 Å². The van der Waals surface area contributed by atoms with Crippen molar-refractivity contribution in [1.29, 1.82) is 0 Å². The van der Waals surface area contributed by atoms with Crippen LogP contribution in [0.4, 0.5) is 0 Å². The highest BCUT2D eigenvalue weighted by atomic mass is 35.5. The van der Waals surface area contributed by atoms with E-state index < -0.39 is 12.0 Å². The molecule has 7 heteroatoms. The third kappa shape index (κ3) is 6.43. The molecule has 0 amide bonds. The molecule has 5 nitrogen and oxygen atoms in total. The quantitative estimate of drug-likeness (QED) is 0.180. The fourth-order valence-corrected chi connectivity index (χ4v) is 5.22. The zero-order chi connectivity index (χ0) is 28.1. The van der Waals surface area contributed by atoms with Crippen molar-refractivity contribution in [3.8, 4) is 17.2 Å². The van der Waals surface area contributed by atoms with Crippen molar-refractivity contribution in [3.05, 3.63) is 99.0 Å². The van der Waals surface area contributed by atoms with E-state index in [9.17, 15) is 4.79 Å². The molecule has 0 radical (unpaired) electrons. The molecule has 0 aromatic heterocycles. The number of ether oxygens (including phenoxy) is 4. The average molecular weight is 568 g/mol. The first kappa shape index (κ1) is 28.6. The second kappa shape index (κ2) is 12.6. The van der Waals surface area contributed by atoms with Gasteiger partial charge in [0.1, 0.15) is 11.9 Å². The molecule has 0 saturated carbocycles. The van der Waals surface area contributed by atoms with Crippen molar-refractivity contribution in [3.63, 3.8) is 0 Å². The summed E-state index contributed by atoms with van der Waals surface area (Å²) in [5.74, 6) is 1.03. The van der Waals surface area contributed by atoms with Crippen molar-refractivity contribution in [2.75, 3.05) is 21.3 Å². The predicted octanol–water partition coefficient (Wildman–Crippen LogP) is 8.37. The number of esters is 1. The summed E-state index contributed by atoms with van der Waals surface area (Å²) in [6.45, 7) is 3.88. The van der Waals surface area contributed by atoms with Gasteiger partial charge in [0.2, 0.25) is 0 Å². The van der Waals surface area contributed by atoms with E-state index in [1.165, 1.54) is 0 Å². The van der Waals surface area contributed by atoms with E-state index in [2.05, 4.69) is 0 Å². The maximum atomic E-state index is 13.5. The average Bonchev–Trinajstić information content (AvgIpc) is 2.96. The van der Waals surface area contributed by atoms with Crippen LogP contribution in [0.2, 0.25) is 10.0 Å². The summed E-state index contributed by atoms with van der Waals surface area (Å²) in [6, 6.07) is 21.0. The van der Waals surface area contributed by atoms with Crippen molar-refractivity contribution in [1.82, 2.24) is 0 Å². The molecule has 204 valence electrons. The number of aryl methyl sites for hydroxylation is 1. The Morgan fingerprint density at radius 1 is 0.769 bits per heavy atom. The Bertz CT molecular complexity index is 1460. The molecule has 0 bridgehead atoms. The van der Waals surface area contributed by atoms with Crippen molar-refractivity contribution in [2.45, 2.75) is 38.7 Å². The summed E-state index contributed by atoms with van der Waals surface area (Å²) < 4.78 is 22.4. The van der Waals surface area contributed by atoms with Gasteiger partial charge in [0.15, 0.2) is 11.5 Å². The Hall–Kier alpha value is -3.41. The molecule has 0 N–H and O–H groups in total. The van der Waals surface area contributed by atoms with Gasteiger partial charge in [-0.3, -0.25) is 4.79 Å². The Balaban J connectivity index is 1.67. The number of methoxy groups -OCH3 is 3. The normalized spacial score (nSPS) is 12.6. The molecule has 0 aliphatic carbocycles. The minimum Gasteiger partial charge on any atom is -0.497 e. The lowest BCUT2D eigenvalue weighted by Crippen LogP contribution is -2.19. The molecule has 4 rings (SSSR count). The number of carbonyl (C=O) groups is 1. The molecule has 0 aliphatic heterocycles. The number of hydrogen-bond acceptors (Lipinski definition) is 5. The molecule has 0 saturated heterocycles. The van der Waals surface area contributed by atoms with Crippen LogP contribution in [-0.2, 0) is 22.4 Å². The molecule has 4 aromatic carbocycles. The molecule has 0 fully saturated rings. The monoisotopic (exact) mass is 566 g/mol. The molecular weight excluding hydrogens is 535 g/mol. The first-order valence-electron chi connectivity index (χ1n) is 12.7. The lowest BCUT2D eigenvalue weighted by Gasteiger charge is -2.23. The van der Waals surface area contributed by atoms with Gasteiger partial charge in [-0.2, -0.15) is 0 Å². The predicted molar refractivity (Wildman–Crippen MR) is 157 cm³/mol. The van der Waals surface area contributed by atoms with Gasteiger partial charge in [-0.15, -0.1) is 0 Å². The van der Waals surface area contributed by atoms with Crippen LogP contribution in [0.1, 0.15) is 48.1 Å². The lowest BCUT2D eigenvalue weighted by atomic mass is 9.96. The number of carbonyl (C=O) groups excluding carboxylic acids is 1. The zero-order valence-corrected chi connectivity index (χ0v) is 24.2. The van der Waals surface area contributed by atoms with Crippen molar-refractivity contribution in [2.24, 2.45) is 0 Å². The number of benzene rings is 4. The van der Waals surface area contributed by atoms with Crippen LogP contribution in [0.15, 0.2) is 66.7 Å². The zero-order valence-electron chi connectivity index (χ0n) is 22.7.